The molecule has 2 aromatic rings. The zero-order valence-corrected chi connectivity index (χ0v) is 13.7. The Labute approximate surface area is 138 Å². The van der Waals surface area contributed by atoms with Crippen molar-refractivity contribution in [2.45, 2.75) is 13.2 Å². The zero-order chi connectivity index (χ0) is 15.6. The molecule has 0 heterocycles. The van der Waals surface area contributed by atoms with Gasteiger partial charge in [0.1, 0.15) is 12.4 Å². The van der Waals surface area contributed by atoms with E-state index in [0.717, 1.165) is 11.0 Å². The normalized spacial score (nSPS) is 10.1. The molecule has 2 rings (SSSR count). The van der Waals surface area contributed by atoms with Crippen molar-refractivity contribution in [3.05, 3.63) is 69.9 Å². The summed E-state index contributed by atoms with van der Waals surface area (Å²) in [4.78, 5) is 0. The Morgan fingerprint density at radius 1 is 1.09 bits per heavy atom. The van der Waals surface area contributed by atoms with E-state index in [1.165, 1.54) is 11.6 Å². The highest BCUT2D eigenvalue weighted by Crippen LogP contribution is 2.16. The second-order valence-electron chi connectivity index (χ2n) is 4.67. The van der Waals surface area contributed by atoms with E-state index in [0.29, 0.717) is 18.7 Å². The van der Waals surface area contributed by atoms with Gasteiger partial charge in [0, 0.05) is 16.6 Å². The van der Waals surface area contributed by atoms with Crippen molar-refractivity contribution >= 4 is 15.9 Å². The minimum Gasteiger partial charge on any atom is -0.364 e. The summed E-state index contributed by atoms with van der Waals surface area (Å²) in [7, 11) is 0. The van der Waals surface area contributed by atoms with Crippen molar-refractivity contribution in [3.8, 4) is 11.8 Å². The number of nitrogens with one attached hydrogen (secondary N) is 1. The van der Waals surface area contributed by atoms with Gasteiger partial charge in [-0.15, -0.1) is 0 Å². The van der Waals surface area contributed by atoms with E-state index in [1.54, 1.807) is 12.1 Å². The first-order chi connectivity index (χ1) is 10.8. The van der Waals surface area contributed by atoms with Crippen LogP contribution in [0.5, 0.6) is 0 Å². The first kappa shape index (κ1) is 16.7. The van der Waals surface area contributed by atoms with Crippen LogP contribution in [0.2, 0.25) is 0 Å². The molecule has 22 heavy (non-hydrogen) atoms. The lowest BCUT2D eigenvalue weighted by Crippen LogP contribution is -2.13. The monoisotopic (exact) mass is 361 g/mol. The lowest BCUT2D eigenvalue weighted by Gasteiger charge is -2.03. The average molecular weight is 362 g/mol. The van der Waals surface area contributed by atoms with Crippen LogP contribution in [0.25, 0.3) is 0 Å². The van der Waals surface area contributed by atoms with Crippen molar-refractivity contribution < 1.29 is 9.13 Å². The van der Waals surface area contributed by atoms with Crippen LogP contribution in [-0.4, -0.2) is 13.2 Å². The second-order valence-corrected chi connectivity index (χ2v) is 5.59. The van der Waals surface area contributed by atoms with E-state index in [9.17, 15) is 4.39 Å². The summed E-state index contributed by atoms with van der Waals surface area (Å²) in [6, 6.07) is 14.9. The lowest BCUT2D eigenvalue weighted by molar-refractivity contribution is 0.150. The van der Waals surface area contributed by atoms with Crippen LogP contribution >= 0.6 is 15.9 Å². The minimum absolute atomic E-state index is 0.220. The predicted octanol–water partition coefficient (Wildman–Crippen LogP) is 3.90. The fourth-order valence-corrected chi connectivity index (χ4v) is 2.25. The van der Waals surface area contributed by atoms with Crippen LogP contribution in [0.15, 0.2) is 53.0 Å². The predicted molar refractivity (Wildman–Crippen MR) is 89.7 cm³/mol. The quantitative estimate of drug-likeness (QED) is 0.622. The maximum absolute atomic E-state index is 13.5. The fourth-order valence-electron chi connectivity index (χ4n) is 1.84. The summed E-state index contributed by atoms with van der Waals surface area (Å²) in [6.07, 6.45) is 0. The number of hydrogen-bond acceptors (Lipinski definition) is 2. The first-order valence-electron chi connectivity index (χ1n) is 6.98. The molecule has 2 aromatic carbocycles. The molecule has 0 bridgehead atoms. The van der Waals surface area contributed by atoms with Gasteiger partial charge in [0.15, 0.2) is 0 Å². The molecule has 0 fully saturated rings. The van der Waals surface area contributed by atoms with Crippen molar-refractivity contribution in [2.75, 3.05) is 13.2 Å². The van der Waals surface area contributed by atoms with E-state index in [4.69, 9.17) is 4.74 Å². The van der Waals surface area contributed by atoms with Gasteiger partial charge in [0.25, 0.3) is 0 Å². The Kier molecular flexibility index (Phi) is 7.11. The van der Waals surface area contributed by atoms with Crippen molar-refractivity contribution in [1.82, 2.24) is 5.32 Å². The van der Waals surface area contributed by atoms with Crippen LogP contribution in [0.1, 0.15) is 11.1 Å². The van der Waals surface area contributed by atoms with E-state index in [1.807, 2.05) is 18.2 Å². The van der Waals surface area contributed by atoms with Gasteiger partial charge in [-0.25, -0.2) is 4.39 Å². The number of ether oxygens (including phenoxy) is 1. The first-order valence-corrected chi connectivity index (χ1v) is 7.77. The highest BCUT2D eigenvalue weighted by molar-refractivity contribution is 9.10. The van der Waals surface area contributed by atoms with Crippen LogP contribution in [0.3, 0.4) is 0 Å². The molecule has 0 unspecified atom stereocenters. The molecule has 0 aromatic heterocycles. The molecule has 114 valence electrons. The van der Waals surface area contributed by atoms with Crippen LogP contribution < -0.4 is 5.32 Å². The lowest BCUT2D eigenvalue weighted by atomic mass is 10.2. The Balaban J connectivity index is 1.62. The number of benzene rings is 2. The van der Waals surface area contributed by atoms with Crippen molar-refractivity contribution in [1.29, 1.82) is 0 Å². The molecule has 0 aliphatic rings. The molecule has 0 saturated heterocycles. The van der Waals surface area contributed by atoms with Gasteiger partial charge in [0.2, 0.25) is 0 Å². The van der Waals surface area contributed by atoms with Gasteiger partial charge in [-0.1, -0.05) is 58.1 Å². The Hall–Kier alpha value is -1.67. The van der Waals surface area contributed by atoms with Gasteiger partial charge < -0.3 is 10.1 Å². The third-order valence-electron chi connectivity index (χ3n) is 2.95. The molecule has 0 spiro atoms. The summed E-state index contributed by atoms with van der Waals surface area (Å²) in [5, 5.41) is 3.23. The smallest absolute Gasteiger partial charge is 0.128 e. The molecule has 0 saturated carbocycles. The minimum atomic E-state index is -0.263. The standard InChI is InChI=1S/C18H17BrFNO/c19-17-8-9-18(20)16(12-17)14-22-11-5-4-10-21-13-15-6-2-1-3-7-15/h1-3,6-9,12,21H,10-11,13-14H2. The highest BCUT2D eigenvalue weighted by Gasteiger charge is 2.01. The SMILES string of the molecule is Fc1ccc(Br)cc1COCC#CCNCc1ccccc1. The van der Waals surface area contributed by atoms with Gasteiger partial charge in [-0.2, -0.15) is 0 Å². The van der Waals surface area contributed by atoms with Gasteiger partial charge in [-0.05, 0) is 23.8 Å². The summed E-state index contributed by atoms with van der Waals surface area (Å²) >= 11 is 3.31. The summed E-state index contributed by atoms with van der Waals surface area (Å²) in [5.41, 5.74) is 1.75. The summed E-state index contributed by atoms with van der Waals surface area (Å²) in [5.74, 6) is 5.62. The van der Waals surface area contributed by atoms with E-state index < -0.39 is 0 Å². The van der Waals surface area contributed by atoms with Gasteiger partial charge in [-0.3, -0.25) is 0 Å². The highest BCUT2D eigenvalue weighted by atomic mass is 79.9. The Bertz CT molecular complexity index is 649. The average Bonchev–Trinajstić information content (AvgIpc) is 2.54. The van der Waals surface area contributed by atoms with E-state index >= 15 is 0 Å². The molecule has 4 heteroatoms. The molecule has 0 aliphatic heterocycles. The topological polar surface area (TPSA) is 21.3 Å². The Morgan fingerprint density at radius 3 is 2.73 bits per heavy atom. The molecular weight excluding hydrogens is 345 g/mol. The maximum Gasteiger partial charge on any atom is 0.128 e. The fraction of sp³-hybridized carbons (Fsp3) is 0.222. The molecule has 0 radical (unpaired) electrons. The van der Waals surface area contributed by atoms with Crippen molar-refractivity contribution in [3.63, 3.8) is 0 Å². The third-order valence-corrected chi connectivity index (χ3v) is 3.44. The molecule has 1 N–H and O–H groups in total. The molecule has 0 amide bonds. The summed E-state index contributed by atoms with van der Waals surface area (Å²) < 4.78 is 19.7. The van der Waals surface area contributed by atoms with E-state index in [2.05, 4.69) is 45.2 Å². The maximum atomic E-state index is 13.5. The second kappa shape index (κ2) is 9.37. The number of halogens is 2. The third kappa shape index (κ3) is 5.98. The van der Waals surface area contributed by atoms with Gasteiger partial charge >= 0.3 is 0 Å². The van der Waals surface area contributed by atoms with Crippen molar-refractivity contribution in [2.24, 2.45) is 0 Å². The largest absolute Gasteiger partial charge is 0.364 e. The summed E-state index contributed by atoms with van der Waals surface area (Å²) in [6.45, 7) is 1.90. The van der Waals surface area contributed by atoms with Crippen LogP contribution in [0.4, 0.5) is 4.39 Å². The van der Waals surface area contributed by atoms with Crippen LogP contribution in [0, 0.1) is 17.7 Å². The number of hydrogen-bond donors (Lipinski definition) is 1. The van der Waals surface area contributed by atoms with Crippen LogP contribution in [-0.2, 0) is 17.9 Å². The molecular formula is C18H17BrFNO. The van der Waals surface area contributed by atoms with Gasteiger partial charge in [0.05, 0.1) is 13.2 Å². The molecule has 0 aliphatic carbocycles. The molecule has 0 atom stereocenters. The Morgan fingerprint density at radius 2 is 1.91 bits per heavy atom. The number of rotatable bonds is 6. The molecule has 2 nitrogen and oxygen atoms in total. The van der Waals surface area contributed by atoms with E-state index in [-0.39, 0.29) is 12.4 Å². The zero-order valence-electron chi connectivity index (χ0n) is 12.1.